The van der Waals surface area contributed by atoms with Crippen molar-refractivity contribution < 1.29 is 0 Å². The maximum absolute atomic E-state index is 4.33. The molecule has 4 nitrogen and oxygen atoms in total. The zero-order chi connectivity index (χ0) is 11.1. The molecule has 0 atom stereocenters. The monoisotopic (exact) mass is 202 g/mol. The van der Waals surface area contributed by atoms with Crippen molar-refractivity contribution in [2.45, 2.75) is 26.3 Å². The second kappa shape index (κ2) is 3.15. The Morgan fingerprint density at radius 2 is 2.07 bits per heavy atom. The van der Waals surface area contributed by atoms with Gasteiger partial charge in [-0.3, -0.25) is 0 Å². The third-order valence-corrected chi connectivity index (χ3v) is 2.30. The van der Waals surface area contributed by atoms with Gasteiger partial charge in [-0.1, -0.05) is 6.58 Å². The molecule has 0 saturated heterocycles. The molecule has 1 aliphatic rings. The molecular formula is C11H14N4. The molecule has 0 spiro atoms. The first kappa shape index (κ1) is 9.83. The Hall–Kier alpha value is -1.71. The van der Waals surface area contributed by atoms with Gasteiger partial charge in [0.1, 0.15) is 5.69 Å². The van der Waals surface area contributed by atoms with Gasteiger partial charge in [0.05, 0.1) is 23.9 Å². The Labute approximate surface area is 89.4 Å². The van der Waals surface area contributed by atoms with Crippen molar-refractivity contribution in [3.8, 4) is 0 Å². The summed E-state index contributed by atoms with van der Waals surface area (Å²) in [5, 5.41) is 7.91. The van der Waals surface area contributed by atoms with E-state index in [0.29, 0.717) is 0 Å². The first-order valence-corrected chi connectivity index (χ1v) is 4.84. The van der Waals surface area contributed by atoms with Crippen molar-refractivity contribution in [1.82, 2.24) is 15.1 Å². The number of nitrogens with zero attached hydrogens (tertiary/aromatic N) is 4. The van der Waals surface area contributed by atoms with Gasteiger partial charge >= 0.3 is 0 Å². The molecule has 0 radical (unpaired) electrons. The van der Waals surface area contributed by atoms with Crippen LogP contribution in [0.25, 0.3) is 5.70 Å². The van der Waals surface area contributed by atoms with Crippen LogP contribution < -0.4 is 0 Å². The Balaban J connectivity index is 2.46. The van der Waals surface area contributed by atoms with Gasteiger partial charge in [-0.15, -0.1) is 5.10 Å². The van der Waals surface area contributed by atoms with Crippen LogP contribution in [0.1, 0.15) is 26.5 Å². The largest absolute Gasteiger partial charge is 0.326 e. The molecule has 0 aliphatic carbocycles. The second-order valence-corrected chi connectivity index (χ2v) is 4.50. The molecule has 1 aliphatic heterocycles. The zero-order valence-electron chi connectivity index (χ0n) is 9.23. The first-order valence-electron chi connectivity index (χ1n) is 4.84. The van der Waals surface area contributed by atoms with Crippen molar-refractivity contribution in [2.75, 3.05) is 0 Å². The molecular weight excluding hydrogens is 188 g/mol. The van der Waals surface area contributed by atoms with E-state index in [4.69, 9.17) is 0 Å². The average molecular weight is 202 g/mol. The number of hydrogen-bond donors (Lipinski definition) is 0. The molecule has 0 aromatic carbocycles. The first-order chi connectivity index (χ1) is 7.00. The van der Waals surface area contributed by atoms with Crippen LogP contribution in [0.2, 0.25) is 0 Å². The standard InChI is InChI=1S/C11H14N4/c1-8-10-9(5-6-13-14-10)12-7-15(8)11(2,3)4/h5-7H,1H2,2-4H3. The lowest BCUT2D eigenvalue weighted by atomic mass is 10.0. The Morgan fingerprint density at radius 1 is 1.33 bits per heavy atom. The molecule has 78 valence electrons. The summed E-state index contributed by atoms with van der Waals surface area (Å²) in [5.41, 5.74) is 2.39. The molecule has 0 saturated carbocycles. The van der Waals surface area contributed by atoms with Gasteiger partial charge < -0.3 is 4.90 Å². The van der Waals surface area contributed by atoms with Crippen LogP contribution in [0.4, 0.5) is 5.69 Å². The highest BCUT2D eigenvalue weighted by molar-refractivity contribution is 5.85. The number of aliphatic imine (C=N–C) groups is 1. The summed E-state index contributed by atoms with van der Waals surface area (Å²) in [6, 6.07) is 1.84. The van der Waals surface area contributed by atoms with Gasteiger partial charge in [-0.25, -0.2) is 4.99 Å². The van der Waals surface area contributed by atoms with Crippen molar-refractivity contribution in [3.63, 3.8) is 0 Å². The third-order valence-electron chi connectivity index (χ3n) is 2.30. The molecule has 0 fully saturated rings. The zero-order valence-corrected chi connectivity index (χ0v) is 9.23. The fourth-order valence-corrected chi connectivity index (χ4v) is 1.52. The highest BCUT2D eigenvalue weighted by Gasteiger charge is 2.26. The minimum atomic E-state index is -0.0458. The summed E-state index contributed by atoms with van der Waals surface area (Å²) in [5.74, 6) is 0. The van der Waals surface area contributed by atoms with Crippen molar-refractivity contribution >= 4 is 17.7 Å². The maximum Gasteiger partial charge on any atom is 0.134 e. The molecule has 0 bridgehead atoms. The van der Waals surface area contributed by atoms with Crippen LogP contribution in [0.5, 0.6) is 0 Å². The maximum atomic E-state index is 4.33. The third kappa shape index (κ3) is 1.63. The molecule has 1 aromatic rings. The van der Waals surface area contributed by atoms with E-state index in [0.717, 1.165) is 17.1 Å². The SMILES string of the molecule is C=C1c2nnccc2N=CN1C(C)(C)C. The average Bonchev–Trinajstić information content (AvgIpc) is 2.16. The molecule has 0 amide bonds. The van der Waals surface area contributed by atoms with E-state index >= 15 is 0 Å². The summed E-state index contributed by atoms with van der Waals surface area (Å²) < 4.78 is 0. The molecule has 15 heavy (non-hydrogen) atoms. The number of rotatable bonds is 0. The summed E-state index contributed by atoms with van der Waals surface area (Å²) in [4.78, 5) is 6.33. The molecule has 4 heteroatoms. The van der Waals surface area contributed by atoms with E-state index in [9.17, 15) is 0 Å². The quantitative estimate of drug-likeness (QED) is 0.647. The fourth-order valence-electron chi connectivity index (χ4n) is 1.52. The predicted octanol–water partition coefficient (Wildman–Crippen LogP) is 2.22. The minimum Gasteiger partial charge on any atom is -0.326 e. The smallest absolute Gasteiger partial charge is 0.134 e. The van der Waals surface area contributed by atoms with E-state index in [1.54, 1.807) is 12.5 Å². The highest BCUT2D eigenvalue weighted by atomic mass is 15.3. The van der Waals surface area contributed by atoms with E-state index in [-0.39, 0.29) is 5.54 Å². The van der Waals surface area contributed by atoms with Crippen molar-refractivity contribution in [2.24, 2.45) is 4.99 Å². The van der Waals surface area contributed by atoms with Crippen molar-refractivity contribution in [1.29, 1.82) is 0 Å². The lowest BCUT2D eigenvalue weighted by Crippen LogP contribution is -2.39. The number of hydrogen-bond acceptors (Lipinski definition) is 4. The molecule has 0 N–H and O–H groups in total. The summed E-state index contributed by atoms with van der Waals surface area (Å²) >= 11 is 0. The van der Waals surface area contributed by atoms with Crippen LogP contribution >= 0.6 is 0 Å². The van der Waals surface area contributed by atoms with Crippen molar-refractivity contribution in [3.05, 3.63) is 24.5 Å². The Bertz CT molecular complexity index is 428. The van der Waals surface area contributed by atoms with E-state index in [1.165, 1.54) is 0 Å². The van der Waals surface area contributed by atoms with Gasteiger partial charge in [0.15, 0.2) is 0 Å². The van der Waals surface area contributed by atoms with Gasteiger partial charge in [0.25, 0.3) is 0 Å². The van der Waals surface area contributed by atoms with Crippen LogP contribution in [-0.2, 0) is 0 Å². The molecule has 0 unspecified atom stereocenters. The fraction of sp³-hybridized carbons (Fsp3) is 0.364. The van der Waals surface area contributed by atoms with Crippen LogP contribution in [0, 0.1) is 0 Å². The summed E-state index contributed by atoms with van der Waals surface area (Å²) in [7, 11) is 0. The van der Waals surface area contributed by atoms with E-state index < -0.39 is 0 Å². The van der Waals surface area contributed by atoms with Gasteiger partial charge in [0.2, 0.25) is 0 Å². The topological polar surface area (TPSA) is 41.4 Å². The van der Waals surface area contributed by atoms with Crippen LogP contribution in [-0.4, -0.2) is 27.0 Å². The predicted molar refractivity (Wildman–Crippen MR) is 60.8 cm³/mol. The minimum absolute atomic E-state index is 0.0458. The van der Waals surface area contributed by atoms with Crippen LogP contribution in [0.15, 0.2) is 23.8 Å². The Kier molecular flexibility index (Phi) is 2.07. The molecule has 2 rings (SSSR count). The molecule has 1 aromatic heterocycles. The lowest BCUT2D eigenvalue weighted by molar-refractivity contribution is 0.333. The molecule has 2 heterocycles. The summed E-state index contributed by atoms with van der Waals surface area (Å²) in [6.45, 7) is 10.3. The summed E-state index contributed by atoms with van der Waals surface area (Å²) in [6.07, 6.45) is 3.43. The van der Waals surface area contributed by atoms with Gasteiger partial charge in [-0.2, -0.15) is 5.10 Å². The van der Waals surface area contributed by atoms with E-state index in [1.807, 2.05) is 11.0 Å². The highest BCUT2D eigenvalue weighted by Crippen LogP contribution is 2.32. The Morgan fingerprint density at radius 3 is 2.73 bits per heavy atom. The van der Waals surface area contributed by atoms with Gasteiger partial charge in [-0.05, 0) is 26.8 Å². The van der Waals surface area contributed by atoms with E-state index in [2.05, 4.69) is 42.5 Å². The normalized spacial score (nSPS) is 15.4. The van der Waals surface area contributed by atoms with Crippen LogP contribution in [0.3, 0.4) is 0 Å². The van der Waals surface area contributed by atoms with Gasteiger partial charge in [0, 0.05) is 5.54 Å². The lowest BCUT2D eigenvalue weighted by Gasteiger charge is -2.36. The number of aromatic nitrogens is 2. The second-order valence-electron chi connectivity index (χ2n) is 4.50. The number of fused-ring (bicyclic) bond motifs is 1.